The summed E-state index contributed by atoms with van der Waals surface area (Å²) in [7, 11) is -1.77. The molecule has 0 radical (unpaired) electrons. The van der Waals surface area contributed by atoms with E-state index in [2.05, 4.69) is 13.8 Å². The number of carbonyl (C=O) groups is 1. The maximum Gasteiger partial charge on any atom is 0.243 e. The van der Waals surface area contributed by atoms with Gasteiger partial charge >= 0.3 is 0 Å². The lowest BCUT2D eigenvalue weighted by molar-refractivity contribution is -0.135. The Morgan fingerprint density at radius 3 is 2.27 bits per heavy atom. The van der Waals surface area contributed by atoms with Crippen LogP contribution in [0.25, 0.3) is 0 Å². The summed E-state index contributed by atoms with van der Waals surface area (Å²) in [5.41, 5.74) is 2.01. The van der Waals surface area contributed by atoms with Gasteiger partial charge in [0.25, 0.3) is 0 Å². The molecule has 2 aromatic carbocycles. The summed E-state index contributed by atoms with van der Waals surface area (Å²) in [6.07, 6.45) is 1.05. The molecule has 1 aliphatic rings. The smallest absolute Gasteiger partial charge is 0.243 e. The Morgan fingerprint density at radius 1 is 1.10 bits per heavy atom. The van der Waals surface area contributed by atoms with Crippen LogP contribution in [0.3, 0.4) is 0 Å². The fourth-order valence-electron chi connectivity index (χ4n) is 3.79. The van der Waals surface area contributed by atoms with Crippen LogP contribution in [0.2, 0.25) is 5.02 Å². The SMILES string of the molecule is CC(C)c1ccc(S(=O)(=O)N2CCC(C(=O)N(C)Cc3ccccc3Cl)CC2)cc1. The first-order valence-corrected chi connectivity index (χ1v) is 12.1. The molecule has 3 rings (SSSR count). The number of carbonyl (C=O) groups excluding carboxylic acids is 1. The zero-order chi connectivity index (χ0) is 21.9. The van der Waals surface area contributed by atoms with E-state index >= 15 is 0 Å². The van der Waals surface area contributed by atoms with Crippen LogP contribution in [-0.2, 0) is 21.4 Å². The van der Waals surface area contributed by atoms with E-state index in [0.29, 0.717) is 48.3 Å². The van der Waals surface area contributed by atoms with Gasteiger partial charge in [0, 0.05) is 37.6 Å². The third-order valence-corrected chi connectivity index (χ3v) is 8.01. The first kappa shape index (κ1) is 22.8. The summed E-state index contributed by atoms with van der Waals surface area (Å²) in [6.45, 7) is 5.30. The zero-order valence-corrected chi connectivity index (χ0v) is 19.3. The minimum absolute atomic E-state index is 0.0354. The van der Waals surface area contributed by atoms with Gasteiger partial charge < -0.3 is 4.90 Å². The van der Waals surface area contributed by atoms with Gasteiger partial charge in [-0.2, -0.15) is 4.31 Å². The first-order chi connectivity index (χ1) is 14.2. The summed E-state index contributed by atoms with van der Waals surface area (Å²) in [6, 6.07) is 14.6. The maximum absolute atomic E-state index is 13.0. The highest BCUT2D eigenvalue weighted by Crippen LogP contribution is 2.27. The number of halogens is 1. The average molecular weight is 449 g/mol. The highest BCUT2D eigenvalue weighted by Gasteiger charge is 2.33. The van der Waals surface area contributed by atoms with Gasteiger partial charge in [0.2, 0.25) is 15.9 Å². The van der Waals surface area contributed by atoms with Crippen molar-refractivity contribution < 1.29 is 13.2 Å². The molecule has 1 amide bonds. The summed E-state index contributed by atoms with van der Waals surface area (Å²) < 4.78 is 27.4. The van der Waals surface area contributed by atoms with Gasteiger partial charge in [0.05, 0.1) is 4.90 Å². The molecule has 5 nitrogen and oxygen atoms in total. The van der Waals surface area contributed by atoms with Crippen molar-refractivity contribution in [1.82, 2.24) is 9.21 Å². The zero-order valence-electron chi connectivity index (χ0n) is 17.7. The van der Waals surface area contributed by atoms with Crippen LogP contribution in [0.15, 0.2) is 53.4 Å². The molecule has 0 saturated carbocycles. The molecule has 162 valence electrons. The molecule has 1 aliphatic heterocycles. The van der Waals surface area contributed by atoms with E-state index < -0.39 is 10.0 Å². The molecule has 0 aromatic heterocycles. The third kappa shape index (κ3) is 5.05. The number of hydrogen-bond donors (Lipinski definition) is 0. The van der Waals surface area contributed by atoms with Crippen LogP contribution in [0, 0.1) is 5.92 Å². The molecule has 0 spiro atoms. The predicted molar refractivity (Wildman–Crippen MR) is 120 cm³/mol. The Bertz CT molecular complexity index is 982. The van der Waals surface area contributed by atoms with Crippen molar-refractivity contribution in [3.05, 3.63) is 64.7 Å². The fourth-order valence-corrected chi connectivity index (χ4v) is 5.45. The van der Waals surface area contributed by atoms with E-state index in [-0.39, 0.29) is 11.8 Å². The number of sulfonamides is 1. The van der Waals surface area contributed by atoms with Crippen molar-refractivity contribution in [2.45, 2.75) is 44.0 Å². The maximum atomic E-state index is 13.0. The number of rotatable bonds is 6. The Labute approximate surface area is 184 Å². The van der Waals surface area contributed by atoms with Gasteiger partial charge in [-0.1, -0.05) is 55.8 Å². The van der Waals surface area contributed by atoms with E-state index in [9.17, 15) is 13.2 Å². The van der Waals surface area contributed by atoms with Gasteiger partial charge in [-0.3, -0.25) is 4.79 Å². The summed E-state index contributed by atoms with van der Waals surface area (Å²) in [4.78, 5) is 14.8. The molecule has 0 aliphatic carbocycles. The van der Waals surface area contributed by atoms with Crippen molar-refractivity contribution in [2.75, 3.05) is 20.1 Å². The summed E-state index contributed by atoms with van der Waals surface area (Å²) in [5, 5.41) is 0.640. The number of benzene rings is 2. The van der Waals surface area contributed by atoms with E-state index in [4.69, 9.17) is 11.6 Å². The first-order valence-electron chi connectivity index (χ1n) is 10.3. The van der Waals surface area contributed by atoms with E-state index in [0.717, 1.165) is 11.1 Å². The number of amides is 1. The Morgan fingerprint density at radius 2 is 1.70 bits per heavy atom. The van der Waals surface area contributed by atoms with Crippen molar-refractivity contribution in [2.24, 2.45) is 5.92 Å². The number of nitrogens with zero attached hydrogens (tertiary/aromatic N) is 2. The molecule has 0 bridgehead atoms. The van der Waals surface area contributed by atoms with Crippen molar-refractivity contribution >= 4 is 27.5 Å². The van der Waals surface area contributed by atoms with E-state index in [1.165, 1.54) is 4.31 Å². The Hall–Kier alpha value is -1.89. The monoisotopic (exact) mass is 448 g/mol. The molecule has 30 heavy (non-hydrogen) atoms. The molecular weight excluding hydrogens is 420 g/mol. The molecule has 0 unspecified atom stereocenters. The second kappa shape index (κ2) is 9.50. The van der Waals surface area contributed by atoms with E-state index in [1.807, 2.05) is 36.4 Å². The largest absolute Gasteiger partial charge is 0.341 e. The minimum Gasteiger partial charge on any atom is -0.341 e. The summed E-state index contributed by atoms with van der Waals surface area (Å²) in [5.74, 6) is 0.215. The topological polar surface area (TPSA) is 57.7 Å². The lowest BCUT2D eigenvalue weighted by atomic mass is 9.96. The Balaban J connectivity index is 1.60. The van der Waals surface area contributed by atoms with Gasteiger partial charge in [0.1, 0.15) is 0 Å². The quantitative estimate of drug-likeness (QED) is 0.652. The van der Waals surface area contributed by atoms with Crippen LogP contribution in [-0.4, -0.2) is 43.7 Å². The highest BCUT2D eigenvalue weighted by molar-refractivity contribution is 7.89. The van der Waals surface area contributed by atoms with Gasteiger partial charge in [-0.25, -0.2) is 8.42 Å². The van der Waals surface area contributed by atoms with Gasteiger partial charge in [-0.05, 0) is 48.1 Å². The minimum atomic E-state index is -3.54. The van der Waals surface area contributed by atoms with Crippen LogP contribution in [0.1, 0.15) is 43.7 Å². The van der Waals surface area contributed by atoms with Crippen molar-refractivity contribution in [3.63, 3.8) is 0 Å². The molecule has 1 heterocycles. The van der Waals surface area contributed by atoms with E-state index in [1.54, 1.807) is 24.1 Å². The highest BCUT2D eigenvalue weighted by atomic mass is 35.5. The molecule has 2 aromatic rings. The average Bonchev–Trinajstić information content (AvgIpc) is 2.75. The van der Waals surface area contributed by atoms with Gasteiger partial charge in [0.15, 0.2) is 0 Å². The molecule has 0 N–H and O–H groups in total. The Kier molecular flexibility index (Phi) is 7.22. The lowest BCUT2D eigenvalue weighted by Gasteiger charge is -2.32. The standard InChI is InChI=1S/C23H29ClN2O3S/c1-17(2)18-8-10-21(11-9-18)30(28,29)26-14-12-19(13-15-26)23(27)25(3)16-20-6-4-5-7-22(20)24/h4-11,17,19H,12-16H2,1-3H3. The third-order valence-electron chi connectivity index (χ3n) is 5.73. The number of piperidine rings is 1. The fraction of sp³-hybridized carbons (Fsp3) is 0.435. The second-order valence-electron chi connectivity index (χ2n) is 8.19. The van der Waals surface area contributed by atoms with Gasteiger partial charge in [-0.15, -0.1) is 0 Å². The molecular formula is C23H29ClN2O3S. The summed E-state index contributed by atoms with van der Waals surface area (Å²) >= 11 is 6.20. The second-order valence-corrected chi connectivity index (χ2v) is 10.5. The van der Waals surface area contributed by atoms with Crippen LogP contribution in [0.5, 0.6) is 0 Å². The van der Waals surface area contributed by atoms with Crippen LogP contribution >= 0.6 is 11.6 Å². The predicted octanol–water partition coefficient (Wildman–Crippen LogP) is 4.52. The normalized spacial score (nSPS) is 16.0. The molecule has 1 fully saturated rings. The van der Waals surface area contributed by atoms with Crippen molar-refractivity contribution in [3.8, 4) is 0 Å². The number of hydrogen-bond acceptors (Lipinski definition) is 3. The molecule has 7 heteroatoms. The van der Waals surface area contributed by atoms with Crippen LogP contribution < -0.4 is 0 Å². The van der Waals surface area contributed by atoms with Crippen LogP contribution in [0.4, 0.5) is 0 Å². The molecule has 0 atom stereocenters. The molecule has 1 saturated heterocycles. The van der Waals surface area contributed by atoms with Crippen molar-refractivity contribution in [1.29, 1.82) is 0 Å². The lowest BCUT2D eigenvalue weighted by Crippen LogP contribution is -2.43.